The van der Waals surface area contributed by atoms with Gasteiger partial charge in [-0.1, -0.05) is 0 Å². The van der Waals surface area contributed by atoms with E-state index < -0.39 is 5.97 Å². The van der Waals surface area contributed by atoms with Gasteiger partial charge in [0.25, 0.3) is 0 Å². The Balaban J connectivity index is 1.82. The van der Waals surface area contributed by atoms with E-state index in [-0.39, 0.29) is 4.87 Å². The van der Waals surface area contributed by atoms with Crippen LogP contribution in [0.1, 0.15) is 38.5 Å². The summed E-state index contributed by atoms with van der Waals surface area (Å²) in [4.78, 5) is 10.9. The van der Waals surface area contributed by atoms with Crippen molar-refractivity contribution in [3.8, 4) is 0 Å². The SMILES string of the molecule is O=C(O)CC1C2CC3CC1CC(Cl)(C3)C2. The Bertz CT molecular complexity index is 286. The molecule has 4 fully saturated rings. The molecule has 0 heterocycles. The minimum Gasteiger partial charge on any atom is -0.481 e. The first-order chi connectivity index (χ1) is 7.06. The first kappa shape index (κ1) is 9.95. The van der Waals surface area contributed by atoms with Crippen LogP contribution in [0.4, 0.5) is 0 Å². The van der Waals surface area contributed by atoms with E-state index in [0.717, 1.165) is 18.8 Å². The van der Waals surface area contributed by atoms with Crippen LogP contribution in [0.2, 0.25) is 0 Å². The number of carboxylic acid groups (broad SMARTS) is 1. The lowest BCUT2D eigenvalue weighted by molar-refractivity contribution is -0.141. The molecular weight excluding hydrogens is 212 g/mol. The number of halogens is 1. The van der Waals surface area contributed by atoms with Crippen LogP contribution < -0.4 is 0 Å². The van der Waals surface area contributed by atoms with Gasteiger partial charge in [-0.2, -0.15) is 0 Å². The van der Waals surface area contributed by atoms with Crippen LogP contribution in [0.15, 0.2) is 0 Å². The van der Waals surface area contributed by atoms with Crippen molar-refractivity contribution >= 4 is 17.6 Å². The Kier molecular flexibility index (Phi) is 2.08. The third-order valence-corrected chi connectivity index (χ3v) is 5.27. The highest BCUT2D eigenvalue weighted by molar-refractivity contribution is 6.24. The minimum atomic E-state index is -0.629. The predicted octanol–water partition coefficient (Wildman–Crippen LogP) is 2.89. The maximum Gasteiger partial charge on any atom is 0.303 e. The zero-order chi connectivity index (χ0) is 10.6. The van der Waals surface area contributed by atoms with E-state index in [4.69, 9.17) is 16.7 Å². The third-order valence-electron chi connectivity index (χ3n) is 4.80. The van der Waals surface area contributed by atoms with Crippen molar-refractivity contribution in [2.75, 3.05) is 0 Å². The molecule has 15 heavy (non-hydrogen) atoms. The number of carboxylic acids is 1. The first-order valence-electron chi connectivity index (χ1n) is 5.96. The van der Waals surface area contributed by atoms with Gasteiger partial charge in [-0.05, 0) is 55.8 Å². The second-order valence-corrected chi connectivity index (χ2v) is 6.68. The smallest absolute Gasteiger partial charge is 0.303 e. The van der Waals surface area contributed by atoms with Crippen LogP contribution in [-0.4, -0.2) is 16.0 Å². The number of alkyl halides is 1. The standard InChI is InChI=1S/C12H17ClO2/c13-12-4-7-1-8(5-12)10(3-11(14)15)9(2-7)6-12/h7-10H,1-6H2,(H,14,15). The van der Waals surface area contributed by atoms with Crippen molar-refractivity contribution in [2.24, 2.45) is 23.7 Å². The molecule has 0 aliphatic heterocycles. The summed E-state index contributed by atoms with van der Waals surface area (Å²) >= 11 is 6.59. The van der Waals surface area contributed by atoms with Gasteiger partial charge >= 0.3 is 5.97 Å². The summed E-state index contributed by atoms with van der Waals surface area (Å²) in [5.41, 5.74) is 0. The van der Waals surface area contributed by atoms with Crippen LogP contribution in [0.25, 0.3) is 0 Å². The van der Waals surface area contributed by atoms with Gasteiger partial charge in [0.1, 0.15) is 0 Å². The molecule has 0 amide bonds. The van der Waals surface area contributed by atoms with E-state index in [1.54, 1.807) is 0 Å². The molecule has 0 aromatic carbocycles. The van der Waals surface area contributed by atoms with Gasteiger partial charge in [0.15, 0.2) is 0 Å². The number of aliphatic carboxylic acids is 1. The molecule has 2 unspecified atom stereocenters. The summed E-state index contributed by atoms with van der Waals surface area (Å²) < 4.78 is 0. The highest BCUT2D eigenvalue weighted by atomic mass is 35.5. The fourth-order valence-corrected chi connectivity index (χ4v) is 5.18. The Morgan fingerprint density at radius 3 is 2.33 bits per heavy atom. The number of rotatable bonds is 2. The Morgan fingerprint density at radius 2 is 1.87 bits per heavy atom. The molecule has 2 nitrogen and oxygen atoms in total. The molecule has 3 heteroatoms. The maximum absolute atomic E-state index is 10.8. The van der Waals surface area contributed by atoms with Crippen molar-refractivity contribution in [3.05, 3.63) is 0 Å². The number of hydrogen-bond donors (Lipinski definition) is 1. The molecule has 0 radical (unpaired) electrons. The molecule has 4 aliphatic carbocycles. The fraction of sp³-hybridized carbons (Fsp3) is 0.917. The molecule has 1 N–H and O–H groups in total. The molecule has 4 aliphatic rings. The molecule has 4 bridgehead atoms. The predicted molar refractivity (Wildman–Crippen MR) is 57.9 cm³/mol. The van der Waals surface area contributed by atoms with E-state index in [1.807, 2.05) is 0 Å². The van der Waals surface area contributed by atoms with E-state index in [0.29, 0.717) is 24.2 Å². The maximum atomic E-state index is 10.8. The molecule has 0 aromatic rings. The summed E-state index contributed by atoms with van der Waals surface area (Å²) in [6, 6.07) is 0. The van der Waals surface area contributed by atoms with Gasteiger partial charge in [-0.25, -0.2) is 0 Å². The molecule has 4 rings (SSSR count). The summed E-state index contributed by atoms with van der Waals surface area (Å²) in [5, 5.41) is 8.93. The third kappa shape index (κ3) is 1.57. The van der Waals surface area contributed by atoms with Crippen molar-refractivity contribution < 1.29 is 9.90 Å². The average molecular weight is 229 g/mol. The minimum absolute atomic E-state index is 0.0471. The van der Waals surface area contributed by atoms with E-state index in [9.17, 15) is 4.79 Å². The molecule has 0 saturated heterocycles. The second kappa shape index (κ2) is 3.13. The zero-order valence-corrected chi connectivity index (χ0v) is 9.54. The quantitative estimate of drug-likeness (QED) is 0.738. The summed E-state index contributed by atoms with van der Waals surface area (Å²) in [6.45, 7) is 0. The lowest BCUT2D eigenvalue weighted by atomic mass is 9.51. The second-order valence-electron chi connectivity index (χ2n) is 5.88. The molecular formula is C12H17ClO2. The monoisotopic (exact) mass is 228 g/mol. The van der Waals surface area contributed by atoms with Gasteiger partial charge in [-0.15, -0.1) is 11.6 Å². The molecule has 2 atom stereocenters. The van der Waals surface area contributed by atoms with Gasteiger partial charge in [0.05, 0.1) is 0 Å². The summed E-state index contributed by atoms with van der Waals surface area (Å²) in [7, 11) is 0. The molecule has 84 valence electrons. The van der Waals surface area contributed by atoms with Crippen LogP contribution in [0, 0.1) is 23.7 Å². The van der Waals surface area contributed by atoms with Crippen molar-refractivity contribution in [1.29, 1.82) is 0 Å². The zero-order valence-electron chi connectivity index (χ0n) is 8.79. The van der Waals surface area contributed by atoms with Gasteiger partial charge in [0, 0.05) is 11.3 Å². The van der Waals surface area contributed by atoms with Crippen molar-refractivity contribution in [2.45, 2.75) is 43.4 Å². The lowest BCUT2D eigenvalue weighted by Crippen LogP contribution is -2.52. The normalized spacial score (nSPS) is 52.1. The average Bonchev–Trinajstić information content (AvgIpc) is 2.08. The van der Waals surface area contributed by atoms with Crippen molar-refractivity contribution in [3.63, 3.8) is 0 Å². The van der Waals surface area contributed by atoms with Crippen LogP contribution in [-0.2, 0) is 4.79 Å². The Hall–Kier alpha value is -0.240. The lowest BCUT2D eigenvalue weighted by Gasteiger charge is -2.57. The largest absolute Gasteiger partial charge is 0.481 e. The first-order valence-corrected chi connectivity index (χ1v) is 6.34. The van der Waals surface area contributed by atoms with Crippen LogP contribution in [0.3, 0.4) is 0 Å². The van der Waals surface area contributed by atoms with Crippen molar-refractivity contribution in [1.82, 2.24) is 0 Å². The van der Waals surface area contributed by atoms with Gasteiger partial charge < -0.3 is 5.11 Å². The number of hydrogen-bond acceptors (Lipinski definition) is 1. The van der Waals surface area contributed by atoms with E-state index in [1.165, 1.54) is 19.3 Å². The number of carbonyl (C=O) groups is 1. The van der Waals surface area contributed by atoms with Crippen LogP contribution in [0.5, 0.6) is 0 Å². The van der Waals surface area contributed by atoms with Gasteiger partial charge in [-0.3, -0.25) is 4.79 Å². The van der Waals surface area contributed by atoms with E-state index in [2.05, 4.69) is 0 Å². The fourth-order valence-electron chi connectivity index (χ4n) is 4.57. The highest BCUT2D eigenvalue weighted by Crippen LogP contribution is 2.61. The van der Waals surface area contributed by atoms with Gasteiger partial charge in [0.2, 0.25) is 0 Å². The molecule has 0 spiro atoms. The van der Waals surface area contributed by atoms with E-state index >= 15 is 0 Å². The highest BCUT2D eigenvalue weighted by Gasteiger charge is 2.54. The topological polar surface area (TPSA) is 37.3 Å². The molecule has 4 saturated carbocycles. The Labute approximate surface area is 95.0 Å². The van der Waals surface area contributed by atoms with Crippen LogP contribution >= 0.6 is 11.6 Å². The summed E-state index contributed by atoms with van der Waals surface area (Å²) in [6.07, 6.45) is 6.17. The Morgan fingerprint density at radius 1 is 1.27 bits per heavy atom. The summed E-state index contributed by atoms with van der Waals surface area (Å²) in [5.74, 6) is 1.79. The molecule has 0 aromatic heterocycles.